The Labute approximate surface area is 107 Å². The number of halogens is 1. The van der Waals surface area contributed by atoms with E-state index in [9.17, 15) is 0 Å². The summed E-state index contributed by atoms with van der Waals surface area (Å²) in [5.74, 6) is 0.916. The van der Waals surface area contributed by atoms with E-state index in [1.54, 1.807) is 0 Å². The maximum Gasteiger partial charge on any atom is 0.120 e. The Kier molecular flexibility index (Phi) is 6.50. The Hall–Kier alpha value is -0.540. The first-order valence-electron chi connectivity index (χ1n) is 5.85. The minimum atomic E-state index is 0.200. The van der Waals surface area contributed by atoms with Gasteiger partial charge in [-0.3, -0.25) is 0 Å². The summed E-state index contributed by atoms with van der Waals surface area (Å²) in [5, 5.41) is 3.38. The molecule has 0 saturated heterocycles. The fourth-order valence-electron chi connectivity index (χ4n) is 1.42. The van der Waals surface area contributed by atoms with Gasteiger partial charge in [-0.1, -0.05) is 35.3 Å². The van der Waals surface area contributed by atoms with Crippen molar-refractivity contribution in [3.8, 4) is 5.75 Å². The van der Waals surface area contributed by atoms with Crippen LogP contribution in [0, 0.1) is 0 Å². The van der Waals surface area contributed by atoms with Gasteiger partial charge in [0, 0.05) is 11.0 Å². The van der Waals surface area contributed by atoms with Crippen molar-refractivity contribution in [2.24, 2.45) is 0 Å². The number of hydrogen-bond donors (Lipinski definition) is 1. The molecule has 0 bridgehead atoms. The molecule has 1 atom stereocenters. The third-order valence-electron chi connectivity index (χ3n) is 2.27. The average Bonchev–Trinajstić information content (AvgIpc) is 2.24. The van der Waals surface area contributed by atoms with Gasteiger partial charge in [0.1, 0.15) is 11.9 Å². The van der Waals surface area contributed by atoms with Crippen LogP contribution >= 0.6 is 15.9 Å². The highest BCUT2D eigenvalue weighted by atomic mass is 79.9. The maximum absolute atomic E-state index is 5.78. The monoisotopic (exact) mass is 285 g/mol. The minimum Gasteiger partial charge on any atom is -0.489 e. The van der Waals surface area contributed by atoms with E-state index in [1.165, 1.54) is 12.8 Å². The van der Waals surface area contributed by atoms with Gasteiger partial charge in [-0.05, 0) is 38.1 Å². The van der Waals surface area contributed by atoms with E-state index < -0.39 is 0 Å². The molecule has 1 aromatic carbocycles. The third kappa shape index (κ3) is 5.52. The van der Waals surface area contributed by atoms with E-state index in [-0.39, 0.29) is 6.10 Å². The fraction of sp³-hybridized carbons (Fsp3) is 0.538. The van der Waals surface area contributed by atoms with Crippen molar-refractivity contribution in [1.82, 2.24) is 5.32 Å². The number of ether oxygens (including phenoxy) is 1. The normalized spacial score (nSPS) is 12.4. The molecule has 1 aromatic rings. The summed E-state index contributed by atoms with van der Waals surface area (Å²) >= 11 is 3.43. The van der Waals surface area contributed by atoms with E-state index >= 15 is 0 Å². The lowest BCUT2D eigenvalue weighted by molar-refractivity contribution is 0.217. The van der Waals surface area contributed by atoms with Crippen molar-refractivity contribution in [3.05, 3.63) is 28.7 Å². The largest absolute Gasteiger partial charge is 0.489 e. The van der Waals surface area contributed by atoms with Crippen molar-refractivity contribution in [1.29, 1.82) is 0 Å². The summed E-state index contributed by atoms with van der Waals surface area (Å²) in [6.45, 7) is 6.25. The molecule has 0 amide bonds. The van der Waals surface area contributed by atoms with Crippen LogP contribution in [0.15, 0.2) is 28.7 Å². The van der Waals surface area contributed by atoms with Crippen molar-refractivity contribution in [2.75, 3.05) is 13.1 Å². The van der Waals surface area contributed by atoms with Crippen LogP contribution in [0.4, 0.5) is 0 Å². The van der Waals surface area contributed by atoms with Crippen molar-refractivity contribution < 1.29 is 4.74 Å². The highest BCUT2D eigenvalue weighted by Crippen LogP contribution is 2.18. The molecule has 0 aliphatic heterocycles. The molecule has 0 saturated carbocycles. The second kappa shape index (κ2) is 7.69. The lowest BCUT2D eigenvalue weighted by Gasteiger charge is -2.15. The van der Waals surface area contributed by atoms with Crippen molar-refractivity contribution in [2.45, 2.75) is 32.8 Å². The van der Waals surface area contributed by atoms with Crippen LogP contribution in [0.1, 0.15) is 26.7 Å². The summed E-state index contributed by atoms with van der Waals surface area (Å²) in [4.78, 5) is 0. The fourth-order valence-corrected chi connectivity index (χ4v) is 1.80. The Morgan fingerprint density at radius 3 is 2.94 bits per heavy atom. The van der Waals surface area contributed by atoms with Crippen LogP contribution in [-0.4, -0.2) is 19.2 Å². The number of unbranched alkanes of at least 4 members (excludes halogenated alkanes) is 1. The first-order valence-corrected chi connectivity index (χ1v) is 6.64. The zero-order valence-corrected chi connectivity index (χ0v) is 11.6. The number of hydrogen-bond acceptors (Lipinski definition) is 2. The number of nitrogens with one attached hydrogen (secondary N) is 1. The van der Waals surface area contributed by atoms with Gasteiger partial charge in [0.2, 0.25) is 0 Å². The van der Waals surface area contributed by atoms with Gasteiger partial charge in [0.25, 0.3) is 0 Å². The summed E-state index contributed by atoms with van der Waals surface area (Å²) < 4.78 is 6.83. The van der Waals surface area contributed by atoms with E-state index in [2.05, 4.69) is 35.1 Å². The van der Waals surface area contributed by atoms with Gasteiger partial charge in [0.15, 0.2) is 0 Å². The predicted molar refractivity (Wildman–Crippen MR) is 72.0 cm³/mol. The van der Waals surface area contributed by atoms with E-state index in [1.807, 2.05) is 24.3 Å². The molecule has 3 heteroatoms. The van der Waals surface area contributed by atoms with Crippen LogP contribution in [0.2, 0.25) is 0 Å². The topological polar surface area (TPSA) is 21.3 Å². The molecule has 2 nitrogen and oxygen atoms in total. The molecule has 1 N–H and O–H groups in total. The van der Waals surface area contributed by atoms with Gasteiger partial charge in [-0.15, -0.1) is 0 Å². The number of rotatable bonds is 7. The lowest BCUT2D eigenvalue weighted by atomic mass is 10.3. The quantitative estimate of drug-likeness (QED) is 0.773. The van der Waals surface area contributed by atoms with E-state index in [0.29, 0.717) is 0 Å². The summed E-state index contributed by atoms with van der Waals surface area (Å²) in [7, 11) is 0. The molecule has 0 fully saturated rings. The van der Waals surface area contributed by atoms with E-state index in [4.69, 9.17) is 4.74 Å². The van der Waals surface area contributed by atoms with Gasteiger partial charge in [0.05, 0.1) is 0 Å². The molecule has 0 radical (unpaired) electrons. The lowest BCUT2D eigenvalue weighted by Crippen LogP contribution is -2.29. The maximum atomic E-state index is 5.78. The number of benzene rings is 1. The molecule has 90 valence electrons. The molecule has 16 heavy (non-hydrogen) atoms. The smallest absolute Gasteiger partial charge is 0.120 e. The zero-order valence-electron chi connectivity index (χ0n) is 10.0. The van der Waals surface area contributed by atoms with Crippen LogP contribution in [0.25, 0.3) is 0 Å². The van der Waals surface area contributed by atoms with Crippen molar-refractivity contribution >= 4 is 15.9 Å². The van der Waals surface area contributed by atoms with Gasteiger partial charge in [-0.2, -0.15) is 0 Å². The molecule has 0 aliphatic carbocycles. The Bertz CT molecular complexity index is 304. The molecule has 0 spiro atoms. The Balaban J connectivity index is 2.25. The predicted octanol–water partition coefficient (Wildman–Crippen LogP) is 3.61. The first kappa shape index (κ1) is 13.5. The minimum absolute atomic E-state index is 0.200. The molecule has 1 unspecified atom stereocenters. The van der Waals surface area contributed by atoms with Crippen LogP contribution in [0.5, 0.6) is 5.75 Å². The molecule has 0 aliphatic rings. The highest BCUT2D eigenvalue weighted by Gasteiger charge is 2.03. The summed E-state index contributed by atoms with van der Waals surface area (Å²) in [6.07, 6.45) is 2.66. The molecule has 1 rings (SSSR count). The third-order valence-corrected chi connectivity index (χ3v) is 2.77. The van der Waals surface area contributed by atoms with E-state index in [0.717, 1.165) is 23.3 Å². The highest BCUT2D eigenvalue weighted by molar-refractivity contribution is 9.10. The molecule has 0 aromatic heterocycles. The first-order chi connectivity index (χ1) is 7.72. The Morgan fingerprint density at radius 1 is 1.44 bits per heavy atom. The van der Waals surface area contributed by atoms with Gasteiger partial charge < -0.3 is 10.1 Å². The van der Waals surface area contributed by atoms with Gasteiger partial charge >= 0.3 is 0 Å². The van der Waals surface area contributed by atoms with Crippen molar-refractivity contribution in [3.63, 3.8) is 0 Å². The standard InChI is InChI=1S/C13H20BrNO/c1-3-4-8-15-10-11(2)16-13-7-5-6-12(14)9-13/h5-7,9,11,15H,3-4,8,10H2,1-2H3. The molecular formula is C13H20BrNO. The van der Waals surface area contributed by atoms with Crippen LogP contribution < -0.4 is 10.1 Å². The summed E-state index contributed by atoms with van der Waals surface area (Å²) in [6, 6.07) is 7.95. The molecular weight excluding hydrogens is 266 g/mol. The second-order valence-corrected chi connectivity index (χ2v) is 4.86. The average molecular weight is 286 g/mol. The van der Waals surface area contributed by atoms with Gasteiger partial charge in [-0.25, -0.2) is 0 Å². The Morgan fingerprint density at radius 2 is 2.25 bits per heavy atom. The van der Waals surface area contributed by atoms with Crippen LogP contribution in [0.3, 0.4) is 0 Å². The molecule has 0 heterocycles. The van der Waals surface area contributed by atoms with Crippen LogP contribution in [-0.2, 0) is 0 Å². The summed E-state index contributed by atoms with van der Waals surface area (Å²) in [5.41, 5.74) is 0. The zero-order chi connectivity index (χ0) is 11.8. The second-order valence-electron chi connectivity index (χ2n) is 3.94. The SMILES string of the molecule is CCCCNCC(C)Oc1cccc(Br)c1.